The first kappa shape index (κ1) is 7.91. The van der Waals surface area contributed by atoms with Crippen LogP contribution in [-0.2, 0) is 0 Å². The van der Waals surface area contributed by atoms with Gasteiger partial charge in [-0.25, -0.2) is 4.98 Å². The maximum Gasteiger partial charge on any atom is 0.216 e. The highest BCUT2D eigenvalue weighted by Crippen LogP contribution is 2.16. The summed E-state index contributed by atoms with van der Waals surface area (Å²) in [4.78, 5) is 3.57. The fourth-order valence-electron chi connectivity index (χ4n) is 0.693. The Kier molecular flexibility index (Phi) is 2.23. The van der Waals surface area contributed by atoms with E-state index < -0.39 is 0 Å². The van der Waals surface area contributed by atoms with Gasteiger partial charge in [0.1, 0.15) is 0 Å². The van der Waals surface area contributed by atoms with Crippen LogP contribution in [0, 0.1) is 23.4 Å². The third-order valence-electron chi connectivity index (χ3n) is 1.36. The van der Waals surface area contributed by atoms with Crippen molar-refractivity contribution in [3.05, 3.63) is 26.8 Å². The molecular formula is C7H7FIN. The van der Waals surface area contributed by atoms with Crippen molar-refractivity contribution in [2.75, 3.05) is 0 Å². The highest BCUT2D eigenvalue weighted by Gasteiger charge is 2.03. The molecule has 0 unspecified atom stereocenters. The zero-order chi connectivity index (χ0) is 7.72. The van der Waals surface area contributed by atoms with Gasteiger partial charge in [-0.2, -0.15) is 4.39 Å². The van der Waals surface area contributed by atoms with E-state index in [4.69, 9.17) is 0 Å². The Hall–Kier alpha value is -0.190. The summed E-state index contributed by atoms with van der Waals surface area (Å²) < 4.78 is 13.6. The molecule has 54 valence electrons. The van der Waals surface area contributed by atoms with Crippen LogP contribution in [0.1, 0.15) is 11.1 Å². The molecular weight excluding hydrogens is 244 g/mol. The molecule has 0 bridgehead atoms. The smallest absolute Gasteiger partial charge is 0.216 e. The zero-order valence-corrected chi connectivity index (χ0v) is 7.94. The predicted octanol–water partition coefficient (Wildman–Crippen LogP) is 2.44. The van der Waals surface area contributed by atoms with Crippen LogP contribution in [0.5, 0.6) is 0 Å². The SMILES string of the molecule is Cc1cnc(F)c(C)c1I. The molecule has 0 spiro atoms. The van der Waals surface area contributed by atoms with Crippen LogP contribution in [-0.4, -0.2) is 4.98 Å². The lowest BCUT2D eigenvalue weighted by Gasteiger charge is -2.00. The lowest BCUT2D eigenvalue weighted by molar-refractivity contribution is 0.572. The third kappa shape index (κ3) is 1.28. The highest BCUT2D eigenvalue weighted by molar-refractivity contribution is 14.1. The van der Waals surface area contributed by atoms with Crippen LogP contribution in [0.15, 0.2) is 6.20 Å². The monoisotopic (exact) mass is 251 g/mol. The first-order valence-electron chi connectivity index (χ1n) is 2.90. The summed E-state index contributed by atoms with van der Waals surface area (Å²) >= 11 is 2.11. The van der Waals surface area contributed by atoms with Crippen LogP contribution in [0.4, 0.5) is 4.39 Å². The van der Waals surface area contributed by atoms with Gasteiger partial charge in [0.15, 0.2) is 0 Å². The van der Waals surface area contributed by atoms with Crippen molar-refractivity contribution in [2.45, 2.75) is 13.8 Å². The Balaban J connectivity index is 3.34. The molecule has 0 saturated carbocycles. The van der Waals surface area contributed by atoms with Gasteiger partial charge in [0.2, 0.25) is 5.95 Å². The summed E-state index contributed by atoms with van der Waals surface area (Å²) in [6.45, 7) is 3.65. The number of rotatable bonds is 0. The molecule has 1 aromatic heterocycles. The second kappa shape index (κ2) is 2.82. The summed E-state index contributed by atoms with van der Waals surface area (Å²) in [7, 11) is 0. The first-order valence-corrected chi connectivity index (χ1v) is 3.98. The van der Waals surface area contributed by atoms with Gasteiger partial charge in [0.25, 0.3) is 0 Å². The van der Waals surface area contributed by atoms with Crippen molar-refractivity contribution in [2.24, 2.45) is 0 Å². The number of aryl methyl sites for hydroxylation is 1. The Bertz CT molecular complexity index is 233. The van der Waals surface area contributed by atoms with Crippen LogP contribution < -0.4 is 0 Å². The summed E-state index contributed by atoms with van der Waals surface area (Å²) in [5.41, 5.74) is 1.67. The molecule has 1 heterocycles. The second-order valence-corrected chi connectivity index (χ2v) is 3.25. The number of halogens is 2. The Labute approximate surface area is 72.8 Å². The molecule has 0 aliphatic rings. The van der Waals surface area contributed by atoms with Crippen molar-refractivity contribution in [1.29, 1.82) is 0 Å². The van der Waals surface area contributed by atoms with E-state index in [2.05, 4.69) is 27.6 Å². The minimum atomic E-state index is -0.366. The van der Waals surface area contributed by atoms with E-state index in [1.165, 1.54) is 0 Å². The normalized spacial score (nSPS) is 10.0. The predicted molar refractivity (Wildman–Crippen MR) is 46.4 cm³/mol. The second-order valence-electron chi connectivity index (χ2n) is 2.17. The number of pyridine rings is 1. The molecule has 1 nitrogen and oxygen atoms in total. The van der Waals surface area contributed by atoms with E-state index in [0.29, 0.717) is 5.56 Å². The fraction of sp³-hybridized carbons (Fsp3) is 0.286. The maximum atomic E-state index is 12.6. The van der Waals surface area contributed by atoms with Crippen molar-refractivity contribution in [1.82, 2.24) is 4.98 Å². The van der Waals surface area contributed by atoms with E-state index in [9.17, 15) is 4.39 Å². The zero-order valence-electron chi connectivity index (χ0n) is 5.78. The van der Waals surface area contributed by atoms with E-state index in [0.717, 1.165) is 9.13 Å². The van der Waals surface area contributed by atoms with Crippen LogP contribution >= 0.6 is 22.6 Å². The van der Waals surface area contributed by atoms with Crippen molar-refractivity contribution in [3.8, 4) is 0 Å². The molecule has 0 aromatic carbocycles. The van der Waals surface area contributed by atoms with Crippen LogP contribution in [0.3, 0.4) is 0 Å². The molecule has 0 atom stereocenters. The molecule has 1 aromatic rings. The Morgan fingerprint density at radius 2 is 2.10 bits per heavy atom. The van der Waals surface area contributed by atoms with Gasteiger partial charge in [0.05, 0.1) is 0 Å². The topological polar surface area (TPSA) is 12.9 Å². The Morgan fingerprint density at radius 1 is 1.50 bits per heavy atom. The highest BCUT2D eigenvalue weighted by atomic mass is 127. The van der Waals surface area contributed by atoms with Crippen molar-refractivity contribution < 1.29 is 4.39 Å². The van der Waals surface area contributed by atoms with Gasteiger partial charge >= 0.3 is 0 Å². The van der Waals surface area contributed by atoms with Gasteiger partial charge in [-0.3, -0.25) is 0 Å². The van der Waals surface area contributed by atoms with Crippen LogP contribution in [0.2, 0.25) is 0 Å². The minimum absolute atomic E-state index is 0.366. The largest absolute Gasteiger partial charge is 0.228 e. The molecule has 0 fully saturated rings. The summed E-state index contributed by atoms with van der Waals surface area (Å²) in [6.07, 6.45) is 1.55. The molecule has 0 aliphatic heterocycles. The number of aromatic nitrogens is 1. The average molecular weight is 251 g/mol. The summed E-state index contributed by atoms with van der Waals surface area (Å²) in [6, 6.07) is 0. The summed E-state index contributed by atoms with van der Waals surface area (Å²) in [5, 5.41) is 0. The molecule has 0 amide bonds. The van der Waals surface area contributed by atoms with Crippen molar-refractivity contribution in [3.63, 3.8) is 0 Å². The molecule has 0 aliphatic carbocycles. The number of nitrogens with zero attached hydrogens (tertiary/aromatic N) is 1. The van der Waals surface area contributed by atoms with Gasteiger partial charge in [-0.15, -0.1) is 0 Å². The molecule has 0 radical (unpaired) electrons. The maximum absolute atomic E-state index is 12.6. The molecule has 0 saturated heterocycles. The van der Waals surface area contributed by atoms with E-state index >= 15 is 0 Å². The summed E-state index contributed by atoms with van der Waals surface area (Å²) in [5.74, 6) is -0.366. The first-order chi connectivity index (χ1) is 4.63. The van der Waals surface area contributed by atoms with E-state index in [1.807, 2.05) is 6.92 Å². The van der Waals surface area contributed by atoms with E-state index in [1.54, 1.807) is 13.1 Å². The van der Waals surface area contributed by atoms with Gasteiger partial charge in [-0.05, 0) is 42.0 Å². The van der Waals surface area contributed by atoms with Gasteiger partial charge in [0, 0.05) is 15.3 Å². The number of hydrogen-bond acceptors (Lipinski definition) is 1. The third-order valence-corrected chi connectivity index (χ3v) is 3.02. The molecule has 3 heteroatoms. The molecule has 0 N–H and O–H groups in total. The standard InChI is InChI=1S/C7H7FIN/c1-4-3-10-7(8)5(2)6(4)9/h3H,1-2H3. The van der Waals surface area contributed by atoms with Gasteiger partial charge < -0.3 is 0 Å². The number of hydrogen-bond donors (Lipinski definition) is 0. The lowest BCUT2D eigenvalue weighted by Crippen LogP contribution is -1.93. The molecule has 1 rings (SSSR count). The quantitative estimate of drug-likeness (QED) is 0.509. The lowest BCUT2D eigenvalue weighted by atomic mass is 10.2. The van der Waals surface area contributed by atoms with Gasteiger partial charge in [-0.1, -0.05) is 0 Å². The Morgan fingerprint density at radius 3 is 2.60 bits per heavy atom. The van der Waals surface area contributed by atoms with Crippen molar-refractivity contribution >= 4 is 22.6 Å². The molecule has 10 heavy (non-hydrogen) atoms. The fourth-order valence-corrected chi connectivity index (χ4v) is 1.06. The van der Waals surface area contributed by atoms with E-state index in [-0.39, 0.29) is 5.95 Å². The minimum Gasteiger partial charge on any atom is -0.228 e. The van der Waals surface area contributed by atoms with Crippen LogP contribution in [0.25, 0.3) is 0 Å². The average Bonchev–Trinajstić information content (AvgIpc) is 1.93.